The van der Waals surface area contributed by atoms with E-state index in [1.165, 1.54) is 5.56 Å². The molecule has 1 aromatic carbocycles. The molecule has 0 unspecified atom stereocenters. The summed E-state index contributed by atoms with van der Waals surface area (Å²) in [6, 6.07) is 5.90. The van der Waals surface area contributed by atoms with Gasteiger partial charge in [0.25, 0.3) is 0 Å². The van der Waals surface area contributed by atoms with Gasteiger partial charge in [0.05, 0.1) is 13.0 Å². The Morgan fingerprint density at radius 2 is 2.25 bits per heavy atom. The molecule has 0 atom stereocenters. The summed E-state index contributed by atoms with van der Waals surface area (Å²) in [5, 5.41) is 0. The molecular formula is C12H17NO2S. The van der Waals surface area contributed by atoms with Crippen molar-refractivity contribution in [1.82, 2.24) is 0 Å². The molecule has 3 nitrogen and oxygen atoms in total. The lowest BCUT2D eigenvalue weighted by atomic mass is 10.2. The number of benzene rings is 1. The van der Waals surface area contributed by atoms with Gasteiger partial charge in [0.1, 0.15) is 0 Å². The van der Waals surface area contributed by atoms with Crippen LogP contribution in [0.15, 0.2) is 23.1 Å². The van der Waals surface area contributed by atoms with Crippen LogP contribution in [-0.4, -0.2) is 18.3 Å². The molecule has 4 heteroatoms. The average molecular weight is 239 g/mol. The van der Waals surface area contributed by atoms with E-state index in [1.54, 1.807) is 11.8 Å². The standard InChI is InChI=1S/C12H17NO2S/c1-3-15-12(14)6-7-16-11-8-9(2)4-5-10(11)13/h4-5,8H,3,6-7,13H2,1-2H3. The van der Waals surface area contributed by atoms with Crippen LogP contribution in [0, 0.1) is 6.92 Å². The summed E-state index contributed by atoms with van der Waals surface area (Å²) in [4.78, 5) is 12.2. The van der Waals surface area contributed by atoms with Crippen LogP contribution in [0.1, 0.15) is 18.9 Å². The van der Waals surface area contributed by atoms with E-state index in [-0.39, 0.29) is 5.97 Å². The minimum absolute atomic E-state index is 0.152. The molecule has 0 aliphatic carbocycles. The van der Waals surface area contributed by atoms with Gasteiger partial charge in [-0.05, 0) is 31.5 Å². The van der Waals surface area contributed by atoms with Crippen LogP contribution < -0.4 is 5.73 Å². The number of hydrogen-bond donors (Lipinski definition) is 1. The predicted octanol–water partition coefficient (Wildman–Crippen LogP) is 2.62. The second kappa shape index (κ2) is 6.43. The molecule has 0 radical (unpaired) electrons. The first kappa shape index (κ1) is 12.9. The molecule has 1 aromatic rings. The highest BCUT2D eigenvalue weighted by Crippen LogP contribution is 2.26. The Bertz CT molecular complexity index is 366. The van der Waals surface area contributed by atoms with Crippen LogP contribution in [0.5, 0.6) is 0 Å². The molecule has 0 aromatic heterocycles. The Labute approximate surface area is 100 Å². The van der Waals surface area contributed by atoms with Crippen LogP contribution in [0.25, 0.3) is 0 Å². The Hall–Kier alpha value is -1.16. The maximum absolute atomic E-state index is 11.1. The minimum atomic E-state index is -0.152. The summed E-state index contributed by atoms with van der Waals surface area (Å²) >= 11 is 1.59. The molecule has 1 rings (SSSR count). The predicted molar refractivity (Wildman–Crippen MR) is 67.6 cm³/mol. The van der Waals surface area contributed by atoms with Crippen molar-refractivity contribution >= 4 is 23.4 Å². The van der Waals surface area contributed by atoms with E-state index in [2.05, 4.69) is 0 Å². The second-order valence-electron chi connectivity index (χ2n) is 3.44. The van der Waals surface area contributed by atoms with Crippen LogP contribution in [0.3, 0.4) is 0 Å². The van der Waals surface area contributed by atoms with Crippen molar-refractivity contribution in [1.29, 1.82) is 0 Å². The number of nitrogens with two attached hydrogens (primary N) is 1. The van der Waals surface area contributed by atoms with E-state index < -0.39 is 0 Å². The van der Waals surface area contributed by atoms with Gasteiger partial charge in [0.15, 0.2) is 0 Å². The number of carbonyl (C=O) groups is 1. The lowest BCUT2D eigenvalue weighted by molar-refractivity contribution is -0.142. The van der Waals surface area contributed by atoms with Crippen molar-refractivity contribution in [2.45, 2.75) is 25.2 Å². The molecule has 0 saturated carbocycles. The summed E-state index contributed by atoms with van der Waals surface area (Å²) in [5.41, 5.74) is 7.77. The topological polar surface area (TPSA) is 52.3 Å². The van der Waals surface area contributed by atoms with Crippen molar-refractivity contribution < 1.29 is 9.53 Å². The number of nitrogen functional groups attached to an aromatic ring is 1. The van der Waals surface area contributed by atoms with Gasteiger partial charge in [0, 0.05) is 16.3 Å². The van der Waals surface area contributed by atoms with Gasteiger partial charge in [-0.1, -0.05) is 6.07 Å². The Morgan fingerprint density at radius 1 is 1.50 bits per heavy atom. The number of aryl methyl sites for hydroxylation is 1. The van der Waals surface area contributed by atoms with Gasteiger partial charge >= 0.3 is 5.97 Å². The number of hydrogen-bond acceptors (Lipinski definition) is 4. The van der Waals surface area contributed by atoms with Gasteiger partial charge in [-0.2, -0.15) is 0 Å². The molecule has 0 bridgehead atoms. The lowest BCUT2D eigenvalue weighted by Crippen LogP contribution is -2.04. The summed E-state index contributed by atoms with van der Waals surface area (Å²) in [6.07, 6.45) is 0.423. The summed E-state index contributed by atoms with van der Waals surface area (Å²) in [7, 11) is 0. The van der Waals surface area contributed by atoms with E-state index in [0.717, 1.165) is 10.6 Å². The number of carbonyl (C=O) groups excluding carboxylic acids is 1. The molecule has 0 heterocycles. The maximum atomic E-state index is 11.1. The van der Waals surface area contributed by atoms with Gasteiger partial charge in [-0.3, -0.25) is 4.79 Å². The summed E-state index contributed by atoms with van der Waals surface area (Å²) in [6.45, 7) is 4.27. The fraction of sp³-hybridized carbons (Fsp3) is 0.417. The van der Waals surface area contributed by atoms with Crippen molar-refractivity contribution in [2.75, 3.05) is 18.1 Å². The van der Waals surface area contributed by atoms with Crippen LogP contribution in [0.2, 0.25) is 0 Å². The normalized spacial score (nSPS) is 10.1. The molecule has 0 aliphatic heterocycles. The third-order valence-electron chi connectivity index (χ3n) is 2.04. The third kappa shape index (κ3) is 4.14. The summed E-state index contributed by atoms with van der Waals surface area (Å²) in [5.74, 6) is 0.549. The van der Waals surface area contributed by atoms with Gasteiger partial charge < -0.3 is 10.5 Å². The summed E-state index contributed by atoms with van der Waals surface area (Å²) < 4.78 is 4.85. The zero-order valence-corrected chi connectivity index (χ0v) is 10.5. The first-order valence-corrected chi connectivity index (χ1v) is 6.26. The van der Waals surface area contributed by atoms with E-state index in [1.807, 2.05) is 32.0 Å². The molecule has 0 saturated heterocycles. The Morgan fingerprint density at radius 3 is 2.94 bits per heavy atom. The molecule has 2 N–H and O–H groups in total. The Balaban J connectivity index is 2.42. The maximum Gasteiger partial charge on any atom is 0.306 e. The number of esters is 1. The molecule has 0 spiro atoms. The van der Waals surface area contributed by atoms with Gasteiger partial charge in [-0.15, -0.1) is 11.8 Å². The first-order valence-electron chi connectivity index (χ1n) is 5.28. The average Bonchev–Trinajstić information content (AvgIpc) is 2.23. The molecule has 0 fully saturated rings. The van der Waals surface area contributed by atoms with Crippen LogP contribution in [0.4, 0.5) is 5.69 Å². The number of rotatable bonds is 5. The van der Waals surface area contributed by atoms with Gasteiger partial charge in [0.2, 0.25) is 0 Å². The van der Waals surface area contributed by atoms with Crippen LogP contribution >= 0.6 is 11.8 Å². The van der Waals surface area contributed by atoms with Crippen molar-refractivity contribution in [3.05, 3.63) is 23.8 Å². The van der Waals surface area contributed by atoms with E-state index >= 15 is 0 Å². The molecule has 88 valence electrons. The number of ether oxygens (including phenoxy) is 1. The molecule has 0 aliphatic rings. The monoisotopic (exact) mass is 239 g/mol. The zero-order valence-electron chi connectivity index (χ0n) is 9.66. The highest BCUT2D eigenvalue weighted by Gasteiger charge is 2.04. The van der Waals surface area contributed by atoms with Crippen molar-refractivity contribution in [2.24, 2.45) is 0 Å². The molecule has 16 heavy (non-hydrogen) atoms. The second-order valence-corrected chi connectivity index (χ2v) is 4.58. The quantitative estimate of drug-likeness (QED) is 0.487. The smallest absolute Gasteiger partial charge is 0.306 e. The molecule has 0 amide bonds. The lowest BCUT2D eigenvalue weighted by Gasteiger charge is -2.06. The van der Waals surface area contributed by atoms with Crippen molar-refractivity contribution in [3.63, 3.8) is 0 Å². The minimum Gasteiger partial charge on any atom is -0.466 e. The molecular weight excluding hydrogens is 222 g/mol. The highest BCUT2D eigenvalue weighted by molar-refractivity contribution is 7.99. The fourth-order valence-electron chi connectivity index (χ4n) is 1.24. The zero-order chi connectivity index (χ0) is 12.0. The van der Waals surface area contributed by atoms with E-state index in [9.17, 15) is 4.79 Å². The van der Waals surface area contributed by atoms with Crippen LogP contribution in [-0.2, 0) is 9.53 Å². The largest absolute Gasteiger partial charge is 0.466 e. The number of thioether (sulfide) groups is 1. The van der Waals surface area contributed by atoms with E-state index in [4.69, 9.17) is 10.5 Å². The fourth-order valence-corrected chi connectivity index (χ4v) is 2.24. The SMILES string of the molecule is CCOC(=O)CCSc1cc(C)ccc1N. The van der Waals surface area contributed by atoms with Gasteiger partial charge in [-0.25, -0.2) is 0 Å². The highest BCUT2D eigenvalue weighted by atomic mass is 32.2. The van der Waals surface area contributed by atoms with Crippen molar-refractivity contribution in [3.8, 4) is 0 Å². The third-order valence-corrected chi connectivity index (χ3v) is 3.11. The number of anilines is 1. The van der Waals surface area contributed by atoms with E-state index in [0.29, 0.717) is 18.8 Å². The first-order chi connectivity index (χ1) is 7.63. The Kier molecular flexibility index (Phi) is 5.19.